The quantitative estimate of drug-likeness (QED) is 0.361. The fraction of sp³-hybridized carbons (Fsp3) is 0.478. The highest BCUT2D eigenvalue weighted by atomic mass is 35.5. The summed E-state index contributed by atoms with van der Waals surface area (Å²) in [6, 6.07) is 5.42. The maximum atomic E-state index is 13.9. The molecule has 1 aromatic carbocycles. The average Bonchev–Trinajstić information content (AvgIpc) is 3.52. The van der Waals surface area contributed by atoms with Crippen molar-refractivity contribution in [3.8, 4) is 6.01 Å². The Hall–Kier alpha value is -2.58. The summed E-state index contributed by atoms with van der Waals surface area (Å²) in [5, 5.41) is 3.08. The number of H-pyrrole nitrogens is 1. The minimum absolute atomic E-state index is 0.0582. The van der Waals surface area contributed by atoms with Gasteiger partial charge < -0.3 is 29.2 Å². The van der Waals surface area contributed by atoms with Crippen molar-refractivity contribution in [2.45, 2.75) is 37.4 Å². The molecule has 4 heterocycles. The summed E-state index contributed by atoms with van der Waals surface area (Å²) >= 11 is 6.31. The first-order chi connectivity index (χ1) is 17.7. The first kappa shape index (κ1) is 26.0. The lowest BCUT2D eigenvalue weighted by Crippen LogP contribution is -2.35. The van der Waals surface area contributed by atoms with Crippen molar-refractivity contribution in [2.75, 3.05) is 37.1 Å². The summed E-state index contributed by atoms with van der Waals surface area (Å²) in [5.74, 6) is -1.07. The average molecular weight is 559 g/mol. The van der Waals surface area contributed by atoms with E-state index in [0.29, 0.717) is 24.2 Å². The zero-order valence-electron chi connectivity index (χ0n) is 19.7. The fourth-order valence-electron chi connectivity index (χ4n) is 4.32. The fourth-order valence-corrected chi connectivity index (χ4v) is 5.18. The van der Waals surface area contributed by atoms with E-state index >= 15 is 0 Å². The molecular formula is C23H25ClF2N4O6S. The Kier molecular flexibility index (Phi) is 7.50. The molecule has 14 heteroatoms. The first-order valence-electron chi connectivity index (χ1n) is 11.6. The predicted molar refractivity (Wildman–Crippen MR) is 131 cm³/mol. The largest absolute Gasteiger partial charge is 0.456 e. The van der Waals surface area contributed by atoms with E-state index in [2.05, 4.69) is 20.3 Å². The highest BCUT2D eigenvalue weighted by Gasteiger charge is 2.49. The normalized spacial score (nSPS) is 23.5. The van der Waals surface area contributed by atoms with Crippen LogP contribution in [0.1, 0.15) is 12.0 Å². The van der Waals surface area contributed by atoms with Gasteiger partial charge >= 0.3 is 0 Å². The molecule has 2 aliphatic rings. The van der Waals surface area contributed by atoms with Gasteiger partial charge in [0.25, 0.3) is 6.01 Å². The van der Waals surface area contributed by atoms with E-state index in [1.165, 1.54) is 24.5 Å². The molecule has 200 valence electrons. The Labute approximate surface area is 216 Å². The molecule has 0 spiro atoms. The standard InChI is InChI=1S/C23H25ClF2N4O6S/c1-37(31,32)7-3-6-33-17-10-34-20-18(11-35-19(17)20)36-23-28-16-8-13(24)21(29-22(16)30-23)27-9-12-14(25)4-2-5-15(12)26/h2,4-5,8,17-20H,3,6-7,9-11H2,1H3,(H2,27,28,29,30)/t17-,18-,19-,20-/m1/s1. The SMILES string of the molecule is CS(=O)(=O)CCCO[C@@H]1CO[C@H]2[C@@H]1OC[C@H]2Oc1nc2nc(NCc3c(F)cccc3F)c(Cl)cc2[nH]1. The molecule has 0 aliphatic carbocycles. The summed E-state index contributed by atoms with van der Waals surface area (Å²) in [6.07, 6.45) is 0.102. The van der Waals surface area contributed by atoms with Gasteiger partial charge in [-0.05, 0) is 24.6 Å². The zero-order valence-corrected chi connectivity index (χ0v) is 21.3. The van der Waals surface area contributed by atoms with Gasteiger partial charge in [-0.25, -0.2) is 22.2 Å². The maximum Gasteiger partial charge on any atom is 0.296 e. The van der Waals surface area contributed by atoms with Crippen LogP contribution in [0, 0.1) is 11.6 Å². The molecule has 0 amide bonds. The molecule has 2 saturated heterocycles. The van der Waals surface area contributed by atoms with Crippen LogP contribution in [0.5, 0.6) is 6.01 Å². The molecule has 2 fully saturated rings. The van der Waals surface area contributed by atoms with Crippen LogP contribution >= 0.6 is 11.6 Å². The van der Waals surface area contributed by atoms with Gasteiger partial charge in [0.2, 0.25) is 0 Å². The molecule has 37 heavy (non-hydrogen) atoms. The van der Waals surface area contributed by atoms with Crippen molar-refractivity contribution in [3.63, 3.8) is 0 Å². The zero-order chi connectivity index (χ0) is 26.2. The van der Waals surface area contributed by atoms with Crippen LogP contribution in [0.2, 0.25) is 5.02 Å². The maximum absolute atomic E-state index is 13.9. The van der Waals surface area contributed by atoms with Crippen molar-refractivity contribution >= 4 is 38.4 Å². The van der Waals surface area contributed by atoms with E-state index in [9.17, 15) is 17.2 Å². The summed E-state index contributed by atoms with van der Waals surface area (Å²) in [7, 11) is -3.04. The number of ether oxygens (including phenoxy) is 4. The van der Waals surface area contributed by atoms with Gasteiger partial charge in [0.05, 0.1) is 29.5 Å². The molecule has 0 bridgehead atoms. The number of benzene rings is 1. The lowest BCUT2D eigenvalue weighted by atomic mass is 10.1. The number of aromatic amines is 1. The molecule has 0 saturated carbocycles. The van der Waals surface area contributed by atoms with E-state index in [-0.39, 0.29) is 66.2 Å². The second-order valence-electron chi connectivity index (χ2n) is 8.93. The van der Waals surface area contributed by atoms with Crippen LogP contribution in [0.3, 0.4) is 0 Å². The molecule has 2 aliphatic heterocycles. The van der Waals surface area contributed by atoms with Gasteiger partial charge in [0.15, 0.2) is 11.8 Å². The van der Waals surface area contributed by atoms with Crippen molar-refractivity contribution < 1.29 is 36.1 Å². The second kappa shape index (κ2) is 10.7. The molecule has 2 N–H and O–H groups in total. The second-order valence-corrected chi connectivity index (χ2v) is 11.6. The first-order valence-corrected chi connectivity index (χ1v) is 14.0. The van der Waals surface area contributed by atoms with Crippen LogP contribution in [-0.4, -0.2) is 79.6 Å². The number of hydrogen-bond donors (Lipinski definition) is 2. The number of fused-ring (bicyclic) bond motifs is 2. The Morgan fingerprint density at radius 2 is 1.86 bits per heavy atom. The molecule has 2 aromatic heterocycles. The van der Waals surface area contributed by atoms with E-state index in [0.717, 1.165) is 0 Å². The van der Waals surface area contributed by atoms with Crippen LogP contribution in [0.4, 0.5) is 14.6 Å². The van der Waals surface area contributed by atoms with Gasteiger partial charge in [-0.1, -0.05) is 17.7 Å². The Bertz CT molecular complexity index is 1370. The highest BCUT2D eigenvalue weighted by Crippen LogP contribution is 2.32. The third-order valence-corrected chi connectivity index (χ3v) is 7.43. The lowest BCUT2D eigenvalue weighted by Gasteiger charge is -2.17. The topological polar surface area (TPSA) is 125 Å². The minimum Gasteiger partial charge on any atom is -0.456 e. The number of aromatic nitrogens is 3. The number of anilines is 1. The number of nitrogens with one attached hydrogen (secondary N) is 2. The summed E-state index contributed by atoms with van der Waals surface area (Å²) in [6.45, 7) is 0.699. The molecule has 4 atom stereocenters. The number of imidazole rings is 1. The van der Waals surface area contributed by atoms with Crippen LogP contribution in [0.15, 0.2) is 24.3 Å². The predicted octanol–water partition coefficient (Wildman–Crippen LogP) is 2.87. The molecule has 5 rings (SSSR count). The van der Waals surface area contributed by atoms with Crippen molar-refractivity contribution in [2.24, 2.45) is 0 Å². The van der Waals surface area contributed by atoms with Crippen LogP contribution < -0.4 is 10.1 Å². The summed E-state index contributed by atoms with van der Waals surface area (Å²) < 4.78 is 73.8. The van der Waals surface area contributed by atoms with E-state index in [1.54, 1.807) is 6.07 Å². The van der Waals surface area contributed by atoms with Gasteiger partial charge in [0, 0.05) is 25.0 Å². The third kappa shape index (κ3) is 5.96. The van der Waals surface area contributed by atoms with E-state index in [4.69, 9.17) is 30.5 Å². The lowest BCUT2D eigenvalue weighted by molar-refractivity contribution is -0.0352. The van der Waals surface area contributed by atoms with Crippen LogP contribution in [0.25, 0.3) is 11.2 Å². The summed E-state index contributed by atoms with van der Waals surface area (Å²) in [5.41, 5.74) is 0.680. The van der Waals surface area contributed by atoms with Crippen molar-refractivity contribution in [3.05, 3.63) is 46.5 Å². The van der Waals surface area contributed by atoms with Crippen LogP contribution in [-0.2, 0) is 30.6 Å². The number of nitrogens with zero attached hydrogens (tertiary/aromatic N) is 2. The number of halogens is 3. The highest BCUT2D eigenvalue weighted by molar-refractivity contribution is 7.90. The van der Waals surface area contributed by atoms with E-state index < -0.39 is 27.6 Å². The van der Waals surface area contributed by atoms with Gasteiger partial charge in [0.1, 0.15) is 45.6 Å². The van der Waals surface area contributed by atoms with Gasteiger partial charge in [-0.3, -0.25) is 0 Å². The van der Waals surface area contributed by atoms with Gasteiger partial charge in [-0.2, -0.15) is 4.98 Å². The molecule has 3 aromatic rings. The Morgan fingerprint density at radius 1 is 1.16 bits per heavy atom. The number of sulfone groups is 1. The third-order valence-electron chi connectivity index (χ3n) is 6.12. The van der Waals surface area contributed by atoms with E-state index in [1.807, 2.05) is 0 Å². The molecular weight excluding hydrogens is 534 g/mol. The molecule has 10 nitrogen and oxygen atoms in total. The van der Waals surface area contributed by atoms with Crippen molar-refractivity contribution in [1.82, 2.24) is 15.0 Å². The number of hydrogen-bond acceptors (Lipinski definition) is 9. The monoisotopic (exact) mass is 558 g/mol. The number of pyridine rings is 1. The number of rotatable bonds is 10. The molecule has 0 radical (unpaired) electrons. The minimum atomic E-state index is -3.04. The molecule has 0 unspecified atom stereocenters. The Morgan fingerprint density at radius 3 is 2.59 bits per heavy atom. The van der Waals surface area contributed by atoms with Crippen molar-refractivity contribution in [1.29, 1.82) is 0 Å². The summed E-state index contributed by atoms with van der Waals surface area (Å²) in [4.78, 5) is 11.7. The van der Waals surface area contributed by atoms with Gasteiger partial charge in [-0.15, -0.1) is 0 Å². The Balaban J connectivity index is 1.20. The smallest absolute Gasteiger partial charge is 0.296 e.